The molecule has 0 aromatic heterocycles. The van der Waals surface area contributed by atoms with E-state index in [1.807, 2.05) is 6.07 Å². The van der Waals surface area contributed by atoms with Gasteiger partial charge in [-0.05, 0) is 18.6 Å². The van der Waals surface area contributed by atoms with Crippen molar-refractivity contribution in [3.05, 3.63) is 47.7 Å². The Morgan fingerprint density at radius 3 is 2.47 bits per heavy atom. The van der Waals surface area contributed by atoms with Gasteiger partial charge in [0.15, 0.2) is 5.71 Å². The van der Waals surface area contributed by atoms with Crippen molar-refractivity contribution < 1.29 is 17.9 Å². The zero-order valence-corrected chi connectivity index (χ0v) is 10.4. The number of aliphatic imine (C=N–C) groups is 1. The molecule has 19 heavy (non-hydrogen) atoms. The van der Waals surface area contributed by atoms with E-state index in [1.54, 1.807) is 31.2 Å². The smallest absolute Gasteiger partial charge is 0.436 e. The van der Waals surface area contributed by atoms with Gasteiger partial charge in [-0.25, -0.2) is 0 Å². The fraction of sp³-hybridized carbons (Fsp3) is 0.357. The number of rotatable bonds is 3. The minimum Gasteiger partial charge on any atom is -0.491 e. The topological polar surface area (TPSA) is 21.6 Å². The Hall–Kier alpha value is -1.78. The largest absolute Gasteiger partial charge is 0.491 e. The van der Waals surface area contributed by atoms with Crippen LogP contribution in [0.1, 0.15) is 24.9 Å². The average Bonchev–Trinajstić information content (AvgIpc) is 2.88. The summed E-state index contributed by atoms with van der Waals surface area (Å²) < 4.78 is 44.0. The number of hydrogen-bond donors (Lipinski definition) is 0. The highest BCUT2D eigenvalue weighted by atomic mass is 19.4. The van der Waals surface area contributed by atoms with Gasteiger partial charge in [-0.3, -0.25) is 4.99 Å². The molecule has 1 atom stereocenters. The van der Waals surface area contributed by atoms with Gasteiger partial charge >= 0.3 is 6.18 Å². The van der Waals surface area contributed by atoms with Gasteiger partial charge in [0.25, 0.3) is 0 Å². The van der Waals surface area contributed by atoms with Crippen molar-refractivity contribution in [3.63, 3.8) is 0 Å². The third-order valence-corrected chi connectivity index (χ3v) is 2.81. The summed E-state index contributed by atoms with van der Waals surface area (Å²) in [7, 11) is 0. The van der Waals surface area contributed by atoms with Crippen molar-refractivity contribution in [2.75, 3.05) is 6.61 Å². The molecular formula is C14H14F3NO. The van der Waals surface area contributed by atoms with Crippen LogP contribution in [0.25, 0.3) is 0 Å². The number of nitrogens with zero attached hydrogens (tertiary/aromatic N) is 1. The van der Waals surface area contributed by atoms with Gasteiger partial charge in [0.2, 0.25) is 0 Å². The van der Waals surface area contributed by atoms with Gasteiger partial charge in [-0.2, -0.15) is 13.2 Å². The summed E-state index contributed by atoms with van der Waals surface area (Å²) in [5, 5.41) is 0. The maximum absolute atomic E-state index is 13.0. The van der Waals surface area contributed by atoms with E-state index in [2.05, 4.69) is 4.99 Å². The summed E-state index contributed by atoms with van der Waals surface area (Å²) in [5.41, 5.74) is -0.191. The second-order valence-corrected chi connectivity index (χ2v) is 4.27. The van der Waals surface area contributed by atoms with Crippen molar-refractivity contribution in [2.24, 2.45) is 4.99 Å². The van der Waals surface area contributed by atoms with Gasteiger partial charge in [0, 0.05) is 6.42 Å². The molecule has 0 unspecified atom stereocenters. The molecule has 0 bridgehead atoms. The lowest BCUT2D eigenvalue weighted by Gasteiger charge is -2.15. The lowest BCUT2D eigenvalue weighted by Crippen LogP contribution is -2.26. The lowest BCUT2D eigenvalue weighted by molar-refractivity contribution is -0.0607. The number of halogens is 3. The van der Waals surface area contributed by atoms with Gasteiger partial charge in [0.05, 0.1) is 12.6 Å². The monoisotopic (exact) mass is 269 g/mol. The molecule has 0 spiro atoms. The van der Waals surface area contributed by atoms with Crippen LogP contribution in [0, 0.1) is 0 Å². The van der Waals surface area contributed by atoms with Gasteiger partial charge in [-0.1, -0.05) is 30.3 Å². The van der Waals surface area contributed by atoms with Gasteiger partial charge in [0.1, 0.15) is 5.76 Å². The third kappa shape index (κ3) is 3.36. The van der Waals surface area contributed by atoms with Crippen molar-refractivity contribution in [1.82, 2.24) is 0 Å². The molecule has 0 saturated heterocycles. The first kappa shape index (κ1) is 13.6. The number of hydrogen-bond acceptors (Lipinski definition) is 2. The van der Waals surface area contributed by atoms with Crippen LogP contribution in [0.5, 0.6) is 0 Å². The van der Waals surface area contributed by atoms with E-state index in [0.29, 0.717) is 6.42 Å². The van der Waals surface area contributed by atoms with E-state index in [9.17, 15) is 13.2 Å². The van der Waals surface area contributed by atoms with E-state index in [0.717, 1.165) is 5.56 Å². The van der Waals surface area contributed by atoms with E-state index in [-0.39, 0.29) is 12.4 Å². The summed E-state index contributed by atoms with van der Waals surface area (Å²) in [4.78, 5) is 3.80. The second-order valence-electron chi connectivity index (χ2n) is 4.27. The summed E-state index contributed by atoms with van der Waals surface area (Å²) in [6.07, 6.45) is -2.58. The number of benzene rings is 1. The van der Waals surface area contributed by atoms with E-state index < -0.39 is 17.9 Å². The molecule has 2 rings (SSSR count). The Morgan fingerprint density at radius 1 is 1.26 bits per heavy atom. The molecule has 1 heterocycles. The fourth-order valence-electron chi connectivity index (χ4n) is 1.86. The van der Waals surface area contributed by atoms with Crippen molar-refractivity contribution in [1.29, 1.82) is 0 Å². The highest BCUT2D eigenvalue weighted by molar-refractivity contribution is 6.03. The van der Waals surface area contributed by atoms with E-state index in [4.69, 9.17) is 4.74 Å². The highest BCUT2D eigenvalue weighted by Crippen LogP contribution is 2.28. The van der Waals surface area contributed by atoms with Crippen LogP contribution < -0.4 is 0 Å². The van der Waals surface area contributed by atoms with Crippen LogP contribution >= 0.6 is 0 Å². The van der Waals surface area contributed by atoms with Crippen LogP contribution in [-0.4, -0.2) is 18.5 Å². The standard InChI is InChI=1S/C14H14F3NO/c1-10(11-6-3-2-4-7-11)18-13(14(15,16)17)12-8-5-9-19-12/h2-4,6-8,10H,5,9H2,1H3/t10-/m1/s1. The lowest BCUT2D eigenvalue weighted by atomic mass is 10.1. The Labute approximate surface area is 109 Å². The first-order valence-electron chi connectivity index (χ1n) is 6.02. The Kier molecular flexibility index (Phi) is 3.93. The second kappa shape index (κ2) is 5.47. The van der Waals surface area contributed by atoms with E-state index >= 15 is 0 Å². The first-order chi connectivity index (χ1) is 8.98. The van der Waals surface area contributed by atoms with Crippen molar-refractivity contribution in [2.45, 2.75) is 25.6 Å². The van der Waals surface area contributed by atoms with Crippen LogP contribution in [0.15, 0.2) is 47.2 Å². The number of alkyl halides is 3. The Morgan fingerprint density at radius 2 is 1.95 bits per heavy atom. The van der Waals surface area contributed by atoms with Gasteiger partial charge in [-0.15, -0.1) is 0 Å². The normalized spacial score (nSPS) is 17.9. The molecule has 0 fully saturated rings. The third-order valence-electron chi connectivity index (χ3n) is 2.81. The van der Waals surface area contributed by atoms with Crippen molar-refractivity contribution in [3.8, 4) is 0 Å². The molecule has 5 heteroatoms. The predicted molar refractivity (Wildman–Crippen MR) is 67.0 cm³/mol. The summed E-state index contributed by atoms with van der Waals surface area (Å²) in [5.74, 6) is -0.157. The molecule has 1 aromatic rings. The molecule has 0 N–H and O–H groups in total. The fourth-order valence-corrected chi connectivity index (χ4v) is 1.86. The maximum Gasteiger partial charge on any atom is 0.436 e. The minimum absolute atomic E-state index is 0.157. The summed E-state index contributed by atoms with van der Waals surface area (Å²) in [6.45, 7) is 1.92. The zero-order chi connectivity index (χ0) is 13.9. The molecule has 1 aliphatic heterocycles. The molecule has 1 aliphatic rings. The zero-order valence-electron chi connectivity index (χ0n) is 10.4. The molecule has 2 nitrogen and oxygen atoms in total. The summed E-state index contributed by atoms with van der Waals surface area (Å²) in [6, 6.07) is 8.31. The number of allylic oxidation sites excluding steroid dienone is 1. The molecular weight excluding hydrogens is 255 g/mol. The van der Waals surface area contributed by atoms with E-state index in [1.165, 1.54) is 6.08 Å². The molecule has 0 aliphatic carbocycles. The molecule has 1 aromatic carbocycles. The molecule has 102 valence electrons. The highest BCUT2D eigenvalue weighted by Gasteiger charge is 2.40. The van der Waals surface area contributed by atoms with Crippen LogP contribution in [0.4, 0.5) is 13.2 Å². The Bertz CT molecular complexity index is 491. The average molecular weight is 269 g/mol. The van der Waals surface area contributed by atoms with Crippen LogP contribution in [-0.2, 0) is 4.74 Å². The quantitative estimate of drug-likeness (QED) is 0.758. The maximum atomic E-state index is 13.0. The molecule has 0 amide bonds. The van der Waals surface area contributed by atoms with Crippen molar-refractivity contribution >= 4 is 5.71 Å². The molecule has 0 radical (unpaired) electrons. The SMILES string of the molecule is C[C@@H](N=C(C1=CCCO1)C(F)(F)F)c1ccccc1. The first-order valence-corrected chi connectivity index (χ1v) is 6.02. The Balaban J connectivity index is 2.30. The summed E-state index contributed by atoms with van der Waals surface area (Å²) >= 11 is 0. The predicted octanol–water partition coefficient (Wildman–Crippen LogP) is 4.06. The molecule has 0 saturated carbocycles. The minimum atomic E-state index is -4.50. The number of ether oxygens (including phenoxy) is 1. The van der Waals surface area contributed by atoms with Crippen LogP contribution in [0.3, 0.4) is 0 Å². The van der Waals surface area contributed by atoms with Crippen LogP contribution in [0.2, 0.25) is 0 Å². The van der Waals surface area contributed by atoms with Gasteiger partial charge < -0.3 is 4.74 Å².